The van der Waals surface area contributed by atoms with Gasteiger partial charge in [0.1, 0.15) is 28.7 Å². The first-order chi connectivity index (χ1) is 16.4. The van der Waals surface area contributed by atoms with Crippen LogP contribution in [0.2, 0.25) is 0 Å². The lowest BCUT2D eigenvalue weighted by Crippen LogP contribution is -2.17. The molecule has 1 aliphatic rings. The average Bonchev–Trinajstić information content (AvgIpc) is 2.82. The van der Waals surface area contributed by atoms with Crippen LogP contribution in [0.25, 0.3) is 22.3 Å². The van der Waals surface area contributed by atoms with Crippen molar-refractivity contribution in [1.29, 1.82) is 5.26 Å². The molecule has 4 rings (SSSR count). The van der Waals surface area contributed by atoms with Gasteiger partial charge >= 0.3 is 0 Å². The number of hydrogen-bond donors (Lipinski definition) is 0. The van der Waals surface area contributed by atoms with Gasteiger partial charge in [-0.15, -0.1) is 0 Å². The zero-order valence-corrected chi connectivity index (χ0v) is 19.8. The average molecular weight is 484 g/mol. The van der Waals surface area contributed by atoms with Gasteiger partial charge in [0, 0.05) is 0 Å². The van der Waals surface area contributed by atoms with Gasteiger partial charge in [0.05, 0.1) is 10.5 Å². The number of thioether (sulfide) groups is 1. The number of thiocyanates is 1. The van der Waals surface area contributed by atoms with Crippen molar-refractivity contribution in [3.63, 3.8) is 0 Å². The molecule has 34 heavy (non-hydrogen) atoms. The van der Waals surface area contributed by atoms with Gasteiger partial charge in [-0.25, -0.2) is 17.6 Å². The molecule has 0 saturated heterocycles. The van der Waals surface area contributed by atoms with Crippen molar-refractivity contribution in [3.8, 4) is 27.7 Å². The number of nitriles is 1. The van der Waals surface area contributed by atoms with Gasteiger partial charge < -0.3 is 0 Å². The minimum absolute atomic E-state index is 0.0622. The Hall–Kier alpha value is -2.78. The van der Waals surface area contributed by atoms with E-state index < -0.39 is 23.3 Å². The van der Waals surface area contributed by atoms with Gasteiger partial charge in [0.25, 0.3) is 0 Å². The SMILES string of the molecule is CCCCCC1CCc2c(cc(F)c(-c3ccc(-c4cc(F)c(SC#N)c(F)c4)cc3)c2F)C1. The summed E-state index contributed by atoms with van der Waals surface area (Å²) < 4.78 is 58.8. The van der Waals surface area contributed by atoms with Crippen molar-refractivity contribution in [2.24, 2.45) is 5.92 Å². The van der Waals surface area contributed by atoms with Gasteiger partial charge in [-0.1, -0.05) is 56.9 Å². The smallest absolute Gasteiger partial charge is 0.141 e. The zero-order valence-electron chi connectivity index (χ0n) is 18.9. The van der Waals surface area contributed by atoms with Crippen LogP contribution in [0.5, 0.6) is 0 Å². The molecule has 1 unspecified atom stereocenters. The minimum Gasteiger partial charge on any atom is -0.206 e. The highest BCUT2D eigenvalue weighted by Gasteiger charge is 2.25. The minimum atomic E-state index is -0.828. The Morgan fingerprint density at radius 1 is 0.912 bits per heavy atom. The molecule has 0 radical (unpaired) electrons. The quantitative estimate of drug-likeness (QED) is 0.145. The third-order valence-electron chi connectivity index (χ3n) is 6.59. The number of rotatable bonds is 7. The van der Waals surface area contributed by atoms with E-state index in [0.717, 1.165) is 43.4 Å². The Morgan fingerprint density at radius 2 is 1.59 bits per heavy atom. The molecule has 0 saturated carbocycles. The molecule has 0 N–H and O–H groups in total. The molecule has 1 atom stereocenters. The topological polar surface area (TPSA) is 23.8 Å². The molecule has 1 aliphatic carbocycles. The standard InChI is InChI=1S/C28H25F4NS/c1-2-3-4-5-17-6-11-22-21(12-17)15-23(29)26(27(22)32)19-9-7-18(8-10-19)20-13-24(30)28(34-16-33)25(31)14-20/h7-10,13-15,17H,2-6,11-12H2,1H3. The van der Waals surface area contributed by atoms with Crippen LogP contribution < -0.4 is 0 Å². The Bertz CT molecular complexity index is 1210. The predicted octanol–water partition coefficient (Wildman–Crippen LogP) is 8.84. The first kappa shape index (κ1) is 24.3. The second-order valence-electron chi connectivity index (χ2n) is 8.83. The molecular formula is C28H25F4NS. The molecule has 0 fully saturated rings. The highest BCUT2D eigenvalue weighted by molar-refractivity contribution is 8.03. The Kier molecular flexibility index (Phi) is 7.63. The fourth-order valence-electron chi connectivity index (χ4n) is 4.82. The van der Waals surface area contributed by atoms with Gasteiger partial charge in [-0.05, 0) is 83.0 Å². The van der Waals surface area contributed by atoms with E-state index in [1.165, 1.54) is 12.5 Å². The number of hydrogen-bond acceptors (Lipinski definition) is 2. The second kappa shape index (κ2) is 10.7. The molecule has 0 spiro atoms. The summed E-state index contributed by atoms with van der Waals surface area (Å²) in [5.74, 6) is -2.28. The van der Waals surface area contributed by atoms with Gasteiger partial charge in [-0.2, -0.15) is 5.26 Å². The molecule has 0 heterocycles. The highest BCUT2D eigenvalue weighted by atomic mass is 32.2. The maximum atomic E-state index is 15.4. The molecule has 0 aromatic heterocycles. The summed E-state index contributed by atoms with van der Waals surface area (Å²) >= 11 is 0.423. The van der Waals surface area contributed by atoms with E-state index in [1.807, 2.05) is 0 Å². The summed E-state index contributed by atoms with van der Waals surface area (Å²) in [6.07, 6.45) is 6.82. The van der Waals surface area contributed by atoms with Crippen LogP contribution in [0.1, 0.15) is 50.2 Å². The van der Waals surface area contributed by atoms with E-state index in [9.17, 15) is 8.78 Å². The van der Waals surface area contributed by atoms with Crippen molar-refractivity contribution in [2.75, 3.05) is 0 Å². The molecule has 3 aromatic carbocycles. The van der Waals surface area contributed by atoms with E-state index in [1.54, 1.807) is 29.7 Å². The Balaban J connectivity index is 1.60. The summed E-state index contributed by atoms with van der Waals surface area (Å²) in [4.78, 5) is -0.353. The lowest BCUT2D eigenvalue weighted by molar-refractivity contribution is 0.399. The molecule has 0 amide bonds. The first-order valence-corrected chi connectivity index (χ1v) is 12.4. The molecule has 0 aliphatic heterocycles. The number of benzene rings is 3. The summed E-state index contributed by atoms with van der Waals surface area (Å²) in [5, 5.41) is 10.3. The van der Waals surface area contributed by atoms with E-state index in [2.05, 4.69) is 6.92 Å². The third-order valence-corrected chi connectivity index (χ3v) is 7.28. The first-order valence-electron chi connectivity index (χ1n) is 11.6. The largest absolute Gasteiger partial charge is 0.206 e. The van der Waals surface area contributed by atoms with Crippen molar-refractivity contribution in [2.45, 2.75) is 56.8 Å². The van der Waals surface area contributed by atoms with E-state index >= 15 is 8.78 Å². The molecule has 1 nitrogen and oxygen atoms in total. The summed E-state index contributed by atoms with van der Waals surface area (Å²) in [6, 6.07) is 10.1. The number of unbranched alkanes of at least 4 members (excludes halogenated alkanes) is 2. The van der Waals surface area contributed by atoms with Crippen LogP contribution >= 0.6 is 11.8 Å². The zero-order chi connectivity index (χ0) is 24.2. The van der Waals surface area contributed by atoms with Gasteiger partial charge in [-0.3, -0.25) is 0 Å². The molecule has 3 aromatic rings. The van der Waals surface area contributed by atoms with Crippen molar-refractivity contribution in [3.05, 3.63) is 76.9 Å². The van der Waals surface area contributed by atoms with Gasteiger partial charge in [0.2, 0.25) is 0 Å². The van der Waals surface area contributed by atoms with Crippen LogP contribution in [0.4, 0.5) is 17.6 Å². The molecule has 176 valence electrons. The van der Waals surface area contributed by atoms with Crippen LogP contribution in [-0.4, -0.2) is 0 Å². The lowest BCUT2D eigenvalue weighted by atomic mass is 9.80. The highest BCUT2D eigenvalue weighted by Crippen LogP contribution is 2.37. The maximum Gasteiger partial charge on any atom is 0.141 e. The maximum absolute atomic E-state index is 15.4. The van der Waals surface area contributed by atoms with Crippen LogP contribution in [0.15, 0.2) is 47.4 Å². The normalized spacial score (nSPS) is 15.1. The Labute approximate surface area is 201 Å². The number of fused-ring (bicyclic) bond motifs is 1. The predicted molar refractivity (Wildman–Crippen MR) is 128 cm³/mol. The monoisotopic (exact) mass is 483 g/mol. The number of halogens is 4. The van der Waals surface area contributed by atoms with E-state index in [4.69, 9.17) is 5.26 Å². The van der Waals surface area contributed by atoms with Crippen molar-refractivity contribution in [1.82, 2.24) is 0 Å². The summed E-state index contributed by atoms with van der Waals surface area (Å²) in [5.41, 5.74) is 2.47. The van der Waals surface area contributed by atoms with Crippen LogP contribution in [-0.2, 0) is 12.8 Å². The van der Waals surface area contributed by atoms with Gasteiger partial charge in [0.15, 0.2) is 0 Å². The summed E-state index contributed by atoms with van der Waals surface area (Å²) in [6.45, 7) is 2.16. The third kappa shape index (κ3) is 5.00. The molecular weight excluding hydrogens is 458 g/mol. The molecule has 6 heteroatoms. The fourth-order valence-corrected chi connectivity index (χ4v) is 5.22. The number of nitrogens with zero attached hydrogens (tertiary/aromatic N) is 1. The van der Waals surface area contributed by atoms with Crippen LogP contribution in [0, 0.1) is 39.8 Å². The van der Waals surface area contributed by atoms with E-state index in [-0.39, 0.29) is 16.0 Å². The van der Waals surface area contributed by atoms with Crippen molar-refractivity contribution >= 4 is 11.8 Å². The Morgan fingerprint density at radius 3 is 2.24 bits per heavy atom. The summed E-state index contributed by atoms with van der Waals surface area (Å²) in [7, 11) is 0. The van der Waals surface area contributed by atoms with Crippen LogP contribution in [0.3, 0.4) is 0 Å². The molecule has 0 bridgehead atoms. The fraction of sp³-hybridized carbons (Fsp3) is 0.321. The van der Waals surface area contributed by atoms with E-state index in [0.29, 0.717) is 47.2 Å². The van der Waals surface area contributed by atoms with Crippen molar-refractivity contribution < 1.29 is 17.6 Å². The lowest BCUT2D eigenvalue weighted by Gasteiger charge is -2.26. The second-order valence-corrected chi connectivity index (χ2v) is 9.62.